The first-order valence-electron chi connectivity index (χ1n) is 8.45. The van der Waals surface area contributed by atoms with Crippen LogP contribution in [0, 0.1) is 6.92 Å². The van der Waals surface area contributed by atoms with Gasteiger partial charge in [-0.3, -0.25) is 4.79 Å². The summed E-state index contributed by atoms with van der Waals surface area (Å²) in [6.07, 6.45) is 0. The van der Waals surface area contributed by atoms with Gasteiger partial charge >= 0.3 is 6.03 Å². The van der Waals surface area contributed by atoms with Crippen LogP contribution in [0.5, 0.6) is 5.75 Å². The molecule has 3 amide bonds. The fourth-order valence-electron chi connectivity index (χ4n) is 2.61. The second kappa shape index (κ2) is 8.05. The molecule has 0 bridgehead atoms. The highest BCUT2D eigenvalue weighted by Gasteiger charge is 2.12. The van der Waals surface area contributed by atoms with E-state index in [1.54, 1.807) is 12.1 Å². The quantitative estimate of drug-likeness (QED) is 0.599. The van der Waals surface area contributed by atoms with E-state index in [0.717, 1.165) is 15.8 Å². The van der Waals surface area contributed by atoms with Crippen LogP contribution in [0.15, 0.2) is 36.4 Å². The van der Waals surface area contributed by atoms with Crippen molar-refractivity contribution in [1.29, 1.82) is 0 Å². The maximum absolute atomic E-state index is 12.4. The lowest BCUT2D eigenvalue weighted by atomic mass is 10.2. The van der Waals surface area contributed by atoms with Gasteiger partial charge in [-0.05, 0) is 43.7 Å². The third kappa shape index (κ3) is 4.53. The van der Waals surface area contributed by atoms with Gasteiger partial charge in [-0.25, -0.2) is 9.78 Å². The predicted molar refractivity (Wildman–Crippen MR) is 109 cm³/mol. The Kier molecular flexibility index (Phi) is 5.56. The van der Waals surface area contributed by atoms with Crippen LogP contribution < -0.4 is 20.7 Å². The fourth-order valence-corrected chi connectivity index (χ4v) is 3.64. The largest absolute Gasteiger partial charge is 0.492 e. The summed E-state index contributed by atoms with van der Waals surface area (Å²) in [6, 6.07) is 10.6. The van der Waals surface area contributed by atoms with Gasteiger partial charge in [0.1, 0.15) is 5.75 Å². The minimum atomic E-state index is -0.368. The predicted octanol–water partition coefficient (Wildman–Crippen LogP) is 4.61. The lowest BCUT2D eigenvalue weighted by Gasteiger charge is -2.12. The summed E-state index contributed by atoms with van der Waals surface area (Å²) in [7, 11) is 0. The van der Waals surface area contributed by atoms with Crippen LogP contribution in [0.4, 0.5) is 21.3 Å². The van der Waals surface area contributed by atoms with E-state index in [1.165, 1.54) is 18.3 Å². The molecule has 0 saturated carbocycles. The molecule has 7 nitrogen and oxygen atoms in total. The Morgan fingerprint density at radius 3 is 2.67 bits per heavy atom. The van der Waals surface area contributed by atoms with Crippen LogP contribution in [-0.4, -0.2) is 23.5 Å². The van der Waals surface area contributed by atoms with Gasteiger partial charge in [0.25, 0.3) is 0 Å². The number of benzene rings is 2. The number of anilines is 3. The Bertz CT molecular complexity index is 1000. The maximum atomic E-state index is 12.4. The number of urea groups is 1. The Balaban J connectivity index is 1.78. The number of hydrogen-bond donors (Lipinski definition) is 3. The van der Waals surface area contributed by atoms with Gasteiger partial charge in [-0.2, -0.15) is 0 Å². The summed E-state index contributed by atoms with van der Waals surface area (Å²) >= 11 is 1.36. The zero-order valence-electron chi connectivity index (χ0n) is 15.3. The van der Waals surface area contributed by atoms with E-state index in [1.807, 2.05) is 38.1 Å². The van der Waals surface area contributed by atoms with Crippen molar-refractivity contribution in [1.82, 2.24) is 4.98 Å². The molecule has 27 heavy (non-hydrogen) atoms. The lowest BCUT2D eigenvalue weighted by molar-refractivity contribution is -0.114. The Labute approximate surface area is 160 Å². The van der Waals surface area contributed by atoms with Crippen molar-refractivity contribution < 1.29 is 14.3 Å². The number of ether oxygens (including phenoxy) is 1. The first-order valence-corrected chi connectivity index (χ1v) is 9.26. The molecule has 0 aliphatic carbocycles. The molecule has 0 unspecified atom stereocenters. The van der Waals surface area contributed by atoms with E-state index in [-0.39, 0.29) is 11.9 Å². The SMILES string of the molecule is CCOc1ccccc1NC(=O)Nc1cc(C)c2nc(NC(C)=O)sc2c1. The van der Waals surface area contributed by atoms with E-state index in [2.05, 4.69) is 20.9 Å². The van der Waals surface area contributed by atoms with Gasteiger partial charge in [0.15, 0.2) is 5.13 Å². The average molecular weight is 384 g/mol. The summed E-state index contributed by atoms with van der Waals surface area (Å²) in [5, 5.41) is 8.85. The monoisotopic (exact) mass is 384 g/mol. The summed E-state index contributed by atoms with van der Waals surface area (Å²) in [4.78, 5) is 28.0. The number of aryl methyl sites for hydroxylation is 1. The molecular formula is C19H20N4O3S. The highest BCUT2D eigenvalue weighted by molar-refractivity contribution is 7.22. The minimum Gasteiger partial charge on any atom is -0.492 e. The highest BCUT2D eigenvalue weighted by Crippen LogP contribution is 2.31. The fraction of sp³-hybridized carbons (Fsp3) is 0.211. The van der Waals surface area contributed by atoms with Crippen molar-refractivity contribution >= 4 is 50.0 Å². The summed E-state index contributed by atoms with van der Waals surface area (Å²) < 4.78 is 6.39. The molecule has 3 aromatic rings. The zero-order valence-corrected chi connectivity index (χ0v) is 16.1. The van der Waals surface area contributed by atoms with Crippen LogP contribution in [0.3, 0.4) is 0 Å². The molecule has 3 rings (SSSR count). The van der Waals surface area contributed by atoms with Crippen LogP contribution >= 0.6 is 11.3 Å². The van der Waals surface area contributed by atoms with Gasteiger partial charge in [0, 0.05) is 12.6 Å². The number of rotatable bonds is 5. The van der Waals surface area contributed by atoms with Gasteiger partial charge in [-0.1, -0.05) is 23.5 Å². The Hall–Kier alpha value is -3.13. The molecule has 0 fully saturated rings. The van der Waals surface area contributed by atoms with Crippen molar-refractivity contribution in [3.05, 3.63) is 42.0 Å². The number of carbonyl (C=O) groups excluding carboxylic acids is 2. The first kappa shape index (κ1) is 18.7. The Morgan fingerprint density at radius 1 is 1.15 bits per heavy atom. The molecule has 0 spiro atoms. The second-order valence-corrected chi connectivity index (χ2v) is 6.88. The van der Waals surface area contributed by atoms with E-state index in [9.17, 15) is 9.59 Å². The van der Waals surface area contributed by atoms with Crippen LogP contribution in [0.25, 0.3) is 10.2 Å². The van der Waals surface area contributed by atoms with E-state index < -0.39 is 0 Å². The van der Waals surface area contributed by atoms with Crippen molar-refractivity contribution in [3.8, 4) is 5.75 Å². The van der Waals surface area contributed by atoms with Gasteiger partial charge in [0.2, 0.25) is 5.91 Å². The molecule has 0 atom stereocenters. The summed E-state index contributed by atoms with van der Waals surface area (Å²) in [6.45, 7) is 5.75. The zero-order chi connectivity index (χ0) is 19.4. The first-order chi connectivity index (χ1) is 13.0. The van der Waals surface area contributed by atoms with Crippen molar-refractivity contribution in [3.63, 3.8) is 0 Å². The van der Waals surface area contributed by atoms with Gasteiger partial charge in [-0.15, -0.1) is 0 Å². The molecule has 0 aliphatic rings. The molecule has 140 valence electrons. The van der Waals surface area contributed by atoms with Gasteiger partial charge < -0.3 is 20.7 Å². The topological polar surface area (TPSA) is 92.3 Å². The van der Waals surface area contributed by atoms with Gasteiger partial charge in [0.05, 0.1) is 22.5 Å². The standard InChI is InChI=1S/C19H20N4O3S/c1-4-26-15-8-6-5-7-14(15)22-18(25)21-13-9-11(2)17-16(10-13)27-19(23-17)20-12(3)24/h5-10H,4H2,1-3H3,(H,20,23,24)(H2,21,22,25). The van der Waals surface area contributed by atoms with E-state index in [4.69, 9.17) is 4.74 Å². The number of para-hydroxylation sites is 2. The van der Waals surface area contributed by atoms with Crippen LogP contribution in [0.1, 0.15) is 19.4 Å². The van der Waals surface area contributed by atoms with Crippen LogP contribution in [0.2, 0.25) is 0 Å². The number of hydrogen-bond acceptors (Lipinski definition) is 5. The molecular weight excluding hydrogens is 364 g/mol. The summed E-state index contributed by atoms with van der Waals surface area (Å²) in [5.74, 6) is 0.446. The number of carbonyl (C=O) groups is 2. The highest BCUT2D eigenvalue weighted by atomic mass is 32.1. The summed E-state index contributed by atoms with van der Waals surface area (Å²) in [5.41, 5.74) is 2.95. The molecule has 0 saturated heterocycles. The number of nitrogens with zero attached hydrogens (tertiary/aromatic N) is 1. The molecule has 2 aromatic carbocycles. The number of fused-ring (bicyclic) bond motifs is 1. The molecule has 1 heterocycles. The van der Waals surface area contributed by atoms with Crippen molar-refractivity contribution in [2.24, 2.45) is 0 Å². The molecule has 0 aliphatic heterocycles. The molecule has 8 heteroatoms. The number of nitrogens with one attached hydrogen (secondary N) is 3. The average Bonchev–Trinajstić information content (AvgIpc) is 2.99. The third-order valence-corrected chi connectivity index (χ3v) is 4.58. The number of amides is 3. The van der Waals surface area contributed by atoms with E-state index >= 15 is 0 Å². The second-order valence-electron chi connectivity index (χ2n) is 5.85. The van der Waals surface area contributed by atoms with E-state index in [0.29, 0.717) is 28.9 Å². The normalized spacial score (nSPS) is 10.5. The minimum absolute atomic E-state index is 0.169. The van der Waals surface area contributed by atoms with Crippen LogP contribution in [-0.2, 0) is 4.79 Å². The Morgan fingerprint density at radius 2 is 1.93 bits per heavy atom. The van der Waals surface area contributed by atoms with Crippen molar-refractivity contribution in [2.75, 3.05) is 22.6 Å². The molecule has 3 N–H and O–H groups in total. The maximum Gasteiger partial charge on any atom is 0.323 e. The van der Waals surface area contributed by atoms with Crippen molar-refractivity contribution in [2.45, 2.75) is 20.8 Å². The lowest BCUT2D eigenvalue weighted by Crippen LogP contribution is -2.20. The molecule has 1 aromatic heterocycles. The number of thiazole rings is 1. The third-order valence-electron chi connectivity index (χ3n) is 3.66. The smallest absolute Gasteiger partial charge is 0.323 e. The number of aromatic nitrogens is 1. The molecule has 0 radical (unpaired) electrons.